The summed E-state index contributed by atoms with van der Waals surface area (Å²) in [6.45, 7) is 8.72. The molecule has 4 rings (SSSR count). The SMILES string of the molecule is [B]c1ccc2c(c1)/C(=C/c1[nH]c3c(c1C)C(=O)N(CCCN(C)CCOCC)CCC3)C(=O)N2. The number of likely N-dealkylation sites (N-methyl/N-ethyl adjacent to an activating group) is 1. The second kappa shape index (κ2) is 10.6. The molecule has 2 aliphatic heterocycles. The van der Waals surface area contributed by atoms with Crippen molar-refractivity contribution in [1.29, 1.82) is 0 Å². The lowest BCUT2D eigenvalue weighted by molar-refractivity contribution is -0.110. The highest BCUT2D eigenvalue weighted by Gasteiger charge is 2.29. The van der Waals surface area contributed by atoms with Crippen LogP contribution in [0.2, 0.25) is 0 Å². The number of aromatic amines is 1. The van der Waals surface area contributed by atoms with E-state index in [1.165, 1.54) is 0 Å². The molecule has 0 aliphatic carbocycles. The van der Waals surface area contributed by atoms with Gasteiger partial charge in [0.05, 0.1) is 17.7 Å². The highest BCUT2D eigenvalue weighted by molar-refractivity contribution is 6.37. The van der Waals surface area contributed by atoms with Gasteiger partial charge in [-0.15, -0.1) is 0 Å². The summed E-state index contributed by atoms with van der Waals surface area (Å²) in [6, 6.07) is 5.39. The zero-order valence-electron chi connectivity index (χ0n) is 20.4. The first kappa shape index (κ1) is 24.3. The summed E-state index contributed by atoms with van der Waals surface area (Å²) in [5, 5.41) is 2.89. The van der Waals surface area contributed by atoms with Gasteiger partial charge in [0.25, 0.3) is 11.8 Å². The zero-order chi connectivity index (χ0) is 24.2. The molecule has 0 spiro atoms. The molecule has 34 heavy (non-hydrogen) atoms. The number of nitrogens with zero attached hydrogens (tertiary/aromatic N) is 2. The van der Waals surface area contributed by atoms with Gasteiger partial charge in [-0.2, -0.15) is 0 Å². The van der Waals surface area contributed by atoms with Gasteiger partial charge >= 0.3 is 0 Å². The smallest absolute Gasteiger partial charge is 0.256 e. The average Bonchev–Trinajstić information content (AvgIpc) is 3.22. The van der Waals surface area contributed by atoms with Crippen LogP contribution >= 0.6 is 0 Å². The summed E-state index contributed by atoms with van der Waals surface area (Å²) in [7, 11) is 8.03. The number of anilines is 1. The Morgan fingerprint density at radius 1 is 1.26 bits per heavy atom. The molecule has 2 amide bonds. The predicted molar refractivity (Wildman–Crippen MR) is 137 cm³/mol. The molecule has 0 atom stereocenters. The number of ether oxygens (including phenoxy) is 1. The molecule has 2 aromatic rings. The van der Waals surface area contributed by atoms with E-state index in [1.807, 2.05) is 30.9 Å². The maximum atomic E-state index is 13.5. The molecule has 0 saturated carbocycles. The maximum Gasteiger partial charge on any atom is 0.256 e. The third-order valence-corrected chi connectivity index (χ3v) is 6.63. The molecule has 1 aromatic heterocycles. The lowest BCUT2D eigenvalue weighted by Crippen LogP contribution is -2.34. The predicted octanol–water partition coefficient (Wildman–Crippen LogP) is 2.36. The van der Waals surface area contributed by atoms with Crippen LogP contribution in [0.3, 0.4) is 0 Å². The van der Waals surface area contributed by atoms with Gasteiger partial charge in [0.1, 0.15) is 7.85 Å². The van der Waals surface area contributed by atoms with Crippen molar-refractivity contribution in [3.8, 4) is 0 Å². The number of benzene rings is 1. The normalized spacial score (nSPS) is 16.7. The first-order chi connectivity index (χ1) is 16.4. The van der Waals surface area contributed by atoms with Gasteiger partial charge in [0, 0.05) is 48.9 Å². The number of nitrogens with one attached hydrogen (secondary N) is 2. The third-order valence-electron chi connectivity index (χ3n) is 6.63. The van der Waals surface area contributed by atoms with Crippen LogP contribution in [0.25, 0.3) is 11.6 Å². The van der Waals surface area contributed by atoms with Gasteiger partial charge in [0.2, 0.25) is 0 Å². The topological polar surface area (TPSA) is 77.7 Å². The fourth-order valence-electron chi connectivity index (χ4n) is 4.72. The number of amides is 2. The first-order valence-corrected chi connectivity index (χ1v) is 12.1. The lowest BCUT2D eigenvalue weighted by atomic mass is 9.92. The van der Waals surface area contributed by atoms with Crippen LogP contribution < -0.4 is 10.8 Å². The third kappa shape index (κ3) is 5.13. The molecule has 2 radical (unpaired) electrons. The molecule has 8 heteroatoms. The van der Waals surface area contributed by atoms with E-state index in [2.05, 4.69) is 22.2 Å². The van der Waals surface area contributed by atoms with Gasteiger partial charge in [-0.05, 0) is 64.4 Å². The van der Waals surface area contributed by atoms with Crippen molar-refractivity contribution < 1.29 is 14.3 Å². The van der Waals surface area contributed by atoms with Gasteiger partial charge in [-0.3, -0.25) is 9.59 Å². The zero-order valence-corrected chi connectivity index (χ0v) is 20.4. The van der Waals surface area contributed by atoms with E-state index in [4.69, 9.17) is 12.6 Å². The fourth-order valence-corrected chi connectivity index (χ4v) is 4.72. The fraction of sp³-hybridized carbons (Fsp3) is 0.462. The number of hydrogen-bond donors (Lipinski definition) is 2. The average molecular weight is 460 g/mol. The monoisotopic (exact) mass is 460 g/mol. The van der Waals surface area contributed by atoms with E-state index in [-0.39, 0.29) is 11.8 Å². The van der Waals surface area contributed by atoms with E-state index < -0.39 is 0 Å². The number of carbonyl (C=O) groups is 2. The molecule has 0 bridgehead atoms. The number of aromatic nitrogens is 1. The van der Waals surface area contributed by atoms with Crippen molar-refractivity contribution in [3.05, 3.63) is 46.3 Å². The Morgan fingerprint density at radius 2 is 2.09 bits per heavy atom. The van der Waals surface area contributed by atoms with E-state index in [0.717, 1.165) is 92.4 Å². The number of rotatable bonds is 9. The molecule has 2 N–H and O–H groups in total. The van der Waals surface area contributed by atoms with Gasteiger partial charge in [-0.25, -0.2) is 0 Å². The number of carbonyl (C=O) groups excluding carboxylic acids is 2. The summed E-state index contributed by atoms with van der Waals surface area (Å²) >= 11 is 0. The van der Waals surface area contributed by atoms with Crippen LogP contribution in [0.5, 0.6) is 0 Å². The highest BCUT2D eigenvalue weighted by atomic mass is 16.5. The molecule has 0 fully saturated rings. The molecule has 0 saturated heterocycles. The van der Waals surface area contributed by atoms with Crippen molar-refractivity contribution in [2.75, 3.05) is 51.8 Å². The Balaban J connectivity index is 1.49. The van der Waals surface area contributed by atoms with Crippen LogP contribution in [0.1, 0.15) is 52.6 Å². The molecular weight excluding hydrogens is 427 g/mol. The van der Waals surface area contributed by atoms with Crippen LogP contribution in [-0.2, 0) is 16.0 Å². The van der Waals surface area contributed by atoms with Crippen molar-refractivity contribution in [2.24, 2.45) is 0 Å². The lowest BCUT2D eigenvalue weighted by Gasteiger charge is -2.23. The van der Waals surface area contributed by atoms with Gasteiger partial charge < -0.3 is 24.8 Å². The molecule has 0 unspecified atom stereocenters. The van der Waals surface area contributed by atoms with Crippen molar-refractivity contribution in [2.45, 2.75) is 33.1 Å². The standard InChI is InChI=1S/C26H33BN4O3/c1-4-34-14-13-30(3)10-6-12-31-11-5-7-22-24(26(31)33)17(2)23(28-22)16-20-19-15-18(27)8-9-21(19)29-25(20)32/h8-9,15-16,28H,4-7,10-14H2,1-3H3,(H,29,32)/b20-16-. The van der Waals surface area contributed by atoms with Gasteiger partial charge in [-0.1, -0.05) is 17.6 Å². The van der Waals surface area contributed by atoms with E-state index in [1.54, 1.807) is 12.1 Å². The minimum Gasteiger partial charge on any atom is -0.380 e. The van der Waals surface area contributed by atoms with Crippen LogP contribution in [0.4, 0.5) is 5.69 Å². The molecule has 7 nitrogen and oxygen atoms in total. The minimum absolute atomic E-state index is 0.0726. The Bertz CT molecular complexity index is 1110. The van der Waals surface area contributed by atoms with E-state index >= 15 is 0 Å². The quantitative estimate of drug-likeness (QED) is 0.342. The van der Waals surface area contributed by atoms with E-state index in [0.29, 0.717) is 11.0 Å². The molecule has 1 aromatic carbocycles. The minimum atomic E-state index is -0.161. The largest absolute Gasteiger partial charge is 0.380 e. The summed E-state index contributed by atoms with van der Waals surface area (Å²) in [6.07, 6.45) is 4.48. The summed E-state index contributed by atoms with van der Waals surface area (Å²) in [4.78, 5) is 33.7. The summed E-state index contributed by atoms with van der Waals surface area (Å²) < 4.78 is 5.42. The van der Waals surface area contributed by atoms with Crippen molar-refractivity contribution in [3.63, 3.8) is 0 Å². The summed E-state index contributed by atoms with van der Waals surface area (Å²) in [5.74, 6) is -0.0883. The molecule has 3 heterocycles. The highest BCUT2D eigenvalue weighted by Crippen LogP contribution is 2.34. The Kier molecular flexibility index (Phi) is 7.58. The van der Waals surface area contributed by atoms with Crippen LogP contribution in [0.15, 0.2) is 18.2 Å². The molecular formula is C26H33BN4O3. The number of fused-ring (bicyclic) bond motifs is 2. The van der Waals surface area contributed by atoms with Crippen LogP contribution in [-0.4, -0.2) is 80.9 Å². The first-order valence-electron chi connectivity index (χ1n) is 12.1. The summed E-state index contributed by atoms with van der Waals surface area (Å²) in [5.41, 5.74) is 6.10. The Labute approximate surface area is 202 Å². The Hall–Kier alpha value is -2.84. The second-order valence-corrected chi connectivity index (χ2v) is 9.08. The van der Waals surface area contributed by atoms with Crippen molar-refractivity contribution in [1.82, 2.24) is 14.8 Å². The molecule has 2 aliphatic rings. The maximum absolute atomic E-state index is 13.5. The van der Waals surface area contributed by atoms with E-state index in [9.17, 15) is 9.59 Å². The molecule has 178 valence electrons. The number of aryl methyl sites for hydroxylation is 1. The van der Waals surface area contributed by atoms with Gasteiger partial charge in [0.15, 0.2) is 0 Å². The second-order valence-electron chi connectivity index (χ2n) is 9.08. The number of hydrogen-bond acceptors (Lipinski definition) is 4. The Morgan fingerprint density at radius 3 is 2.88 bits per heavy atom. The number of H-pyrrole nitrogens is 1. The van der Waals surface area contributed by atoms with Crippen LogP contribution in [0, 0.1) is 6.92 Å². The van der Waals surface area contributed by atoms with Crippen molar-refractivity contribution >= 4 is 42.5 Å².